The van der Waals surface area contributed by atoms with Crippen LogP contribution in [0.2, 0.25) is 0 Å². The molecular weight excluding hydrogens is 539 g/mol. The zero-order chi connectivity index (χ0) is 29.5. The van der Waals surface area contributed by atoms with E-state index in [0.29, 0.717) is 49.5 Å². The smallest absolute Gasteiger partial charge is 0.251 e. The topological polar surface area (TPSA) is 113 Å². The van der Waals surface area contributed by atoms with Gasteiger partial charge in [-0.3, -0.25) is 14.4 Å². The van der Waals surface area contributed by atoms with Gasteiger partial charge in [0.1, 0.15) is 11.6 Å². The number of hydrogen-bond donors (Lipinski definition) is 3. The molecule has 3 heterocycles. The van der Waals surface area contributed by atoms with Gasteiger partial charge in [-0.1, -0.05) is 24.3 Å². The Morgan fingerprint density at radius 2 is 1.83 bits per heavy atom. The second kappa shape index (κ2) is 13.2. The minimum absolute atomic E-state index is 0.0640. The Bertz CT molecular complexity index is 1600. The molecule has 0 aliphatic carbocycles. The summed E-state index contributed by atoms with van der Waals surface area (Å²) in [6.45, 7) is 1.06. The SMILES string of the molecule is COc1cc2ccc1Oc1cccc(F)c1CNC(=O)CCCN(C(=O)Cc1c[nH]c3ccccc13)CCCNC2=O. The molecule has 0 unspecified atom stereocenters. The molecule has 0 atom stereocenters. The van der Waals surface area contributed by atoms with Crippen molar-refractivity contribution in [2.75, 3.05) is 26.7 Å². The van der Waals surface area contributed by atoms with Crippen LogP contribution < -0.4 is 20.1 Å². The Labute approximate surface area is 243 Å². The molecule has 10 heteroatoms. The summed E-state index contributed by atoms with van der Waals surface area (Å²) in [6.07, 6.45) is 3.18. The van der Waals surface area contributed by atoms with Gasteiger partial charge in [0.05, 0.1) is 13.5 Å². The fourth-order valence-electron chi connectivity index (χ4n) is 5.01. The molecule has 1 aromatic heterocycles. The number of amides is 3. The minimum atomic E-state index is -0.525. The molecule has 218 valence electrons. The summed E-state index contributed by atoms with van der Waals surface area (Å²) in [5.41, 5.74) is 2.42. The van der Waals surface area contributed by atoms with Crippen molar-refractivity contribution >= 4 is 28.6 Å². The van der Waals surface area contributed by atoms with Crippen molar-refractivity contribution in [3.8, 4) is 17.2 Å². The molecule has 3 aromatic carbocycles. The molecule has 9 nitrogen and oxygen atoms in total. The Kier molecular flexibility index (Phi) is 9.01. The van der Waals surface area contributed by atoms with Crippen LogP contribution in [0.4, 0.5) is 4.39 Å². The van der Waals surface area contributed by atoms with Gasteiger partial charge < -0.3 is 30.0 Å². The Balaban J connectivity index is 1.35. The fourth-order valence-corrected chi connectivity index (χ4v) is 5.01. The number of nitrogens with one attached hydrogen (secondary N) is 3. The van der Waals surface area contributed by atoms with Crippen LogP contribution >= 0.6 is 0 Å². The number of para-hydroxylation sites is 1. The van der Waals surface area contributed by atoms with Crippen molar-refractivity contribution in [1.82, 2.24) is 20.5 Å². The van der Waals surface area contributed by atoms with E-state index in [9.17, 15) is 18.8 Å². The predicted molar refractivity (Wildman–Crippen MR) is 156 cm³/mol. The Morgan fingerprint density at radius 1 is 1.00 bits per heavy atom. The summed E-state index contributed by atoms with van der Waals surface area (Å²) in [5.74, 6) is -0.328. The number of hydrogen-bond acceptors (Lipinski definition) is 5. The van der Waals surface area contributed by atoms with Crippen LogP contribution in [0.3, 0.4) is 0 Å². The Hall–Kier alpha value is -4.86. The number of aromatic amines is 1. The Morgan fingerprint density at radius 3 is 2.69 bits per heavy atom. The van der Waals surface area contributed by atoms with E-state index in [0.717, 1.165) is 16.5 Å². The lowest BCUT2D eigenvalue weighted by molar-refractivity contribution is -0.131. The highest BCUT2D eigenvalue weighted by molar-refractivity contribution is 5.95. The van der Waals surface area contributed by atoms with E-state index >= 15 is 0 Å². The second-order valence-corrected chi connectivity index (χ2v) is 10.1. The van der Waals surface area contributed by atoms with Gasteiger partial charge in [0.2, 0.25) is 11.8 Å². The van der Waals surface area contributed by atoms with E-state index in [-0.39, 0.29) is 48.4 Å². The minimum Gasteiger partial charge on any atom is -0.493 e. The fraction of sp³-hybridized carbons (Fsp3) is 0.281. The highest BCUT2D eigenvalue weighted by Gasteiger charge is 2.19. The van der Waals surface area contributed by atoms with Crippen molar-refractivity contribution in [3.05, 3.63) is 89.4 Å². The van der Waals surface area contributed by atoms with E-state index in [4.69, 9.17) is 9.47 Å². The highest BCUT2D eigenvalue weighted by atomic mass is 19.1. The first-order chi connectivity index (χ1) is 20.4. The summed E-state index contributed by atoms with van der Waals surface area (Å²) in [4.78, 5) is 43.9. The normalized spacial score (nSPS) is 15.0. The van der Waals surface area contributed by atoms with E-state index in [2.05, 4.69) is 15.6 Å². The monoisotopic (exact) mass is 572 g/mol. The lowest BCUT2D eigenvalue weighted by atomic mass is 10.1. The molecule has 42 heavy (non-hydrogen) atoms. The standard InChI is InChI=1S/C32H33FN4O5/c1-41-29-17-21-12-13-28(29)42-27-10-4-8-25(33)24(27)20-36-30(38)11-5-15-37(16-6-14-34-32(21)40)31(39)18-22-19-35-26-9-3-2-7-23(22)26/h2-4,7-10,12-13,17,19,35H,5-6,11,14-16,18,20H2,1H3,(H,34,40)(H,36,38). The third-order valence-electron chi connectivity index (χ3n) is 7.28. The van der Waals surface area contributed by atoms with Gasteiger partial charge in [0.15, 0.2) is 11.5 Å². The van der Waals surface area contributed by atoms with Crippen molar-refractivity contribution in [3.63, 3.8) is 0 Å². The van der Waals surface area contributed by atoms with Gasteiger partial charge in [-0.2, -0.15) is 0 Å². The molecule has 0 spiro atoms. The number of aromatic nitrogens is 1. The van der Waals surface area contributed by atoms with Gasteiger partial charge in [0.25, 0.3) is 5.91 Å². The average molecular weight is 573 g/mol. The second-order valence-electron chi connectivity index (χ2n) is 10.1. The van der Waals surface area contributed by atoms with Gasteiger partial charge in [0, 0.05) is 60.8 Å². The maximum absolute atomic E-state index is 14.8. The van der Waals surface area contributed by atoms with Crippen LogP contribution in [0.15, 0.2) is 66.9 Å². The van der Waals surface area contributed by atoms with Crippen molar-refractivity contribution in [2.24, 2.45) is 0 Å². The van der Waals surface area contributed by atoms with Gasteiger partial charge in [-0.25, -0.2) is 4.39 Å². The van der Waals surface area contributed by atoms with Crippen LogP contribution in [0.25, 0.3) is 10.9 Å². The predicted octanol–water partition coefficient (Wildman–Crippen LogP) is 4.71. The first-order valence-corrected chi connectivity index (χ1v) is 13.9. The molecule has 6 rings (SSSR count). The first-order valence-electron chi connectivity index (χ1n) is 13.9. The average Bonchev–Trinajstić information content (AvgIpc) is 3.40. The zero-order valence-corrected chi connectivity index (χ0v) is 23.4. The summed E-state index contributed by atoms with van der Waals surface area (Å²) in [7, 11) is 1.45. The van der Waals surface area contributed by atoms with E-state index < -0.39 is 5.82 Å². The van der Waals surface area contributed by atoms with Crippen LogP contribution in [0, 0.1) is 5.82 Å². The number of fused-ring (bicyclic) bond motifs is 14. The molecule has 0 fully saturated rings. The summed E-state index contributed by atoms with van der Waals surface area (Å²) in [6, 6.07) is 17.0. The summed E-state index contributed by atoms with van der Waals surface area (Å²) in [5, 5.41) is 6.66. The molecule has 0 saturated heterocycles. The largest absolute Gasteiger partial charge is 0.493 e. The maximum atomic E-state index is 14.8. The van der Waals surface area contributed by atoms with E-state index in [1.807, 2.05) is 30.5 Å². The van der Waals surface area contributed by atoms with E-state index in [1.54, 1.807) is 29.2 Å². The number of benzene rings is 3. The molecule has 3 amide bonds. The maximum Gasteiger partial charge on any atom is 0.251 e. The number of rotatable bonds is 3. The number of ether oxygens (including phenoxy) is 2. The quantitative estimate of drug-likeness (QED) is 0.329. The van der Waals surface area contributed by atoms with Crippen LogP contribution in [-0.4, -0.2) is 54.3 Å². The van der Waals surface area contributed by atoms with Crippen LogP contribution in [0.1, 0.15) is 40.7 Å². The van der Waals surface area contributed by atoms with Gasteiger partial charge >= 0.3 is 0 Å². The number of methoxy groups -OCH3 is 1. The number of carbonyl (C=O) groups is 3. The number of H-pyrrole nitrogens is 1. The molecular formula is C32H33FN4O5. The van der Waals surface area contributed by atoms with Gasteiger partial charge in [-0.05, 0) is 54.8 Å². The number of halogens is 1. The lowest BCUT2D eigenvalue weighted by Crippen LogP contribution is -2.36. The molecule has 2 bridgehead atoms. The molecule has 4 aromatic rings. The molecule has 2 aliphatic heterocycles. The third-order valence-corrected chi connectivity index (χ3v) is 7.28. The van der Waals surface area contributed by atoms with Crippen molar-refractivity contribution in [2.45, 2.75) is 32.2 Å². The summed E-state index contributed by atoms with van der Waals surface area (Å²) >= 11 is 0. The van der Waals surface area contributed by atoms with Crippen molar-refractivity contribution in [1.29, 1.82) is 0 Å². The third kappa shape index (κ3) is 6.71. The van der Waals surface area contributed by atoms with Crippen molar-refractivity contribution < 1.29 is 28.2 Å². The summed E-state index contributed by atoms with van der Waals surface area (Å²) < 4.78 is 26.2. The number of carbonyl (C=O) groups excluding carboxylic acids is 3. The zero-order valence-electron chi connectivity index (χ0n) is 23.4. The van der Waals surface area contributed by atoms with Crippen LogP contribution in [0.5, 0.6) is 17.2 Å². The highest BCUT2D eigenvalue weighted by Crippen LogP contribution is 2.34. The molecule has 0 radical (unpaired) electrons. The first kappa shape index (κ1) is 28.7. The van der Waals surface area contributed by atoms with E-state index in [1.165, 1.54) is 19.2 Å². The molecule has 3 N–H and O–H groups in total. The van der Waals surface area contributed by atoms with Crippen LogP contribution in [-0.2, 0) is 22.6 Å². The van der Waals surface area contributed by atoms with Gasteiger partial charge in [-0.15, -0.1) is 0 Å². The lowest BCUT2D eigenvalue weighted by Gasteiger charge is -2.23. The number of nitrogens with zero attached hydrogens (tertiary/aromatic N) is 1. The molecule has 0 saturated carbocycles. The molecule has 2 aliphatic rings.